The number of nitrogens with one attached hydrogen (secondary N) is 1. The summed E-state index contributed by atoms with van der Waals surface area (Å²) < 4.78 is 5.31. The monoisotopic (exact) mass is 264 g/mol. The van der Waals surface area contributed by atoms with Gasteiger partial charge in [-0.3, -0.25) is 4.79 Å². The van der Waals surface area contributed by atoms with Crippen LogP contribution in [0.2, 0.25) is 0 Å². The van der Waals surface area contributed by atoms with Gasteiger partial charge in [0.15, 0.2) is 0 Å². The van der Waals surface area contributed by atoms with Gasteiger partial charge in [-0.05, 0) is 24.0 Å². The van der Waals surface area contributed by atoms with Crippen LogP contribution in [0.3, 0.4) is 0 Å². The molecule has 1 unspecified atom stereocenters. The third-order valence-corrected chi connectivity index (χ3v) is 3.22. The van der Waals surface area contributed by atoms with Crippen molar-refractivity contribution in [2.24, 2.45) is 5.92 Å². The second-order valence-electron chi connectivity index (χ2n) is 5.02. The summed E-state index contributed by atoms with van der Waals surface area (Å²) >= 11 is 0. The molecule has 3 N–H and O–H groups in total. The maximum atomic E-state index is 11.8. The van der Waals surface area contributed by atoms with E-state index in [-0.39, 0.29) is 12.0 Å². The largest absolute Gasteiger partial charge is 0.399 e. The molecule has 0 heterocycles. The van der Waals surface area contributed by atoms with Gasteiger partial charge in [0.05, 0.1) is 6.10 Å². The first-order valence-electron chi connectivity index (χ1n) is 6.67. The fourth-order valence-corrected chi connectivity index (χ4v) is 1.90. The molecule has 0 spiro atoms. The number of amides is 1. The second-order valence-corrected chi connectivity index (χ2v) is 5.02. The lowest BCUT2D eigenvalue weighted by Crippen LogP contribution is -2.36. The quantitative estimate of drug-likeness (QED) is 0.740. The van der Waals surface area contributed by atoms with Crippen LogP contribution in [-0.2, 0) is 16.0 Å². The average molecular weight is 264 g/mol. The van der Waals surface area contributed by atoms with Crippen LogP contribution in [-0.4, -0.2) is 25.7 Å². The molecule has 4 nitrogen and oxygen atoms in total. The zero-order valence-electron chi connectivity index (χ0n) is 12.0. The number of benzene rings is 1. The highest BCUT2D eigenvalue weighted by Crippen LogP contribution is 2.12. The van der Waals surface area contributed by atoms with Crippen LogP contribution >= 0.6 is 0 Å². The predicted molar refractivity (Wildman–Crippen MR) is 77.8 cm³/mol. The Balaban J connectivity index is 2.34. The fraction of sp³-hybridized carbons (Fsp3) is 0.533. The fourth-order valence-electron chi connectivity index (χ4n) is 1.90. The molecule has 19 heavy (non-hydrogen) atoms. The minimum Gasteiger partial charge on any atom is -0.399 e. The maximum Gasteiger partial charge on any atom is 0.220 e. The summed E-state index contributed by atoms with van der Waals surface area (Å²) in [5, 5.41) is 2.90. The first-order chi connectivity index (χ1) is 9.04. The molecule has 0 aliphatic carbocycles. The highest BCUT2D eigenvalue weighted by Gasteiger charge is 2.13. The van der Waals surface area contributed by atoms with E-state index >= 15 is 0 Å². The molecule has 0 radical (unpaired) electrons. The van der Waals surface area contributed by atoms with Gasteiger partial charge < -0.3 is 15.8 Å². The van der Waals surface area contributed by atoms with Crippen molar-refractivity contribution < 1.29 is 9.53 Å². The lowest BCUT2D eigenvalue weighted by molar-refractivity contribution is -0.121. The molecular weight excluding hydrogens is 240 g/mol. The number of hydrogen-bond donors (Lipinski definition) is 2. The van der Waals surface area contributed by atoms with Gasteiger partial charge in [0.2, 0.25) is 5.91 Å². The lowest BCUT2D eigenvalue weighted by Gasteiger charge is -2.19. The van der Waals surface area contributed by atoms with Gasteiger partial charge >= 0.3 is 0 Å². The molecule has 0 aliphatic rings. The van der Waals surface area contributed by atoms with Crippen molar-refractivity contribution in [3.63, 3.8) is 0 Å². The number of anilines is 1. The first kappa shape index (κ1) is 15.5. The molecule has 1 amide bonds. The van der Waals surface area contributed by atoms with Gasteiger partial charge in [0.1, 0.15) is 0 Å². The van der Waals surface area contributed by atoms with E-state index in [0.29, 0.717) is 25.3 Å². The Labute approximate surface area is 115 Å². The lowest BCUT2D eigenvalue weighted by atomic mass is 10.1. The molecule has 0 fully saturated rings. The molecule has 0 saturated carbocycles. The zero-order valence-corrected chi connectivity index (χ0v) is 12.0. The van der Waals surface area contributed by atoms with Crippen LogP contribution in [0.25, 0.3) is 0 Å². The standard InChI is InChI=1S/C15H24N2O2/c1-11(2)14(19-3)10-17-15(18)9-8-12-6-4-5-7-13(12)16/h4-7,11,14H,8-10,16H2,1-3H3,(H,17,18). The third-order valence-electron chi connectivity index (χ3n) is 3.22. The van der Waals surface area contributed by atoms with E-state index in [0.717, 1.165) is 11.3 Å². The highest BCUT2D eigenvalue weighted by atomic mass is 16.5. The normalized spacial score (nSPS) is 12.4. The van der Waals surface area contributed by atoms with E-state index in [1.165, 1.54) is 0 Å². The minimum atomic E-state index is 0.0333. The number of hydrogen-bond acceptors (Lipinski definition) is 3. The molecule has 1 atom stereocenters. The molecule has 106 valence electrons. The Kier molecular flexibility index (Phi) is 6.36. The number of ether oxygens (including phenoxy) is 1. The molecule has 1 rings (SSSR count). The van der Waals surface area contributed by atoms with Crippen molar-refractivity contribution in [2.45, 2.75) is 32.8 Å². The number of carbonyl (C=O) groups excluding carboxylic acids is 1. The number of nitrogen functional groups attached to an aromatic ring is 1. The molecule has 1 aromatic rings. The SMILES string of the molecule is COC(CNC(=O)CCc1ccccc1N)C(C)C. The van der Waals surface area contributed by atoms with Crippen LogP contribution in [0.5, 0.6) is 0 Å². The van der Waals surface area contributed by atoms with Crippen LogP contribution in [0.15, 0.2) is 24.3 Å². The molecule has 4 heteroatoms. The summed E-state index contributed by atoms with van der Waals surface area (Å²) in [5.74, 6) is 0.418. The minimum absolute atomic E-state index is 0.0333. The van der Waals surface area contributed by atoms with Gasteiger partial charge in [0.25, 0.3) is 0 Å². The first-order valence-corrected chi connectivity index (χ1v) is 6.67. The van der Waals surface area contributed by atoms with Crippen LogP contribution in [0.4, 0.5) is 5.69 Å². The van der Waals surface area contributed by atoms with Crippen molar-refractivity contribution in [1.82, 2.24) is 5.32 Å². The summed E-state index contributed by atoms with van der Waals surface area (Å²) in [4.78, 5) is 11.8. The van der Waals surface area contributed by atoms with Crippen LogP contribution < -0.4 is 11.1 Å². The van der Waals surface area contributed by atoms with Crippen LogP contribution in [0.1, 0.15) is 25.8 Å². The van der Waals surface area contributed by atoms with E-state index in [4.69, 9.17) is 10.5 Å². The van der Waals surface area contributed by atoms with Crippen molar-refractivity contribution in [1.29, 1.82) is 0 Å². The summed E-state index contributed by atoms with van der Waals surface area (Å²) in [6, 6.07) is 7.63. The number of para-hydroxylation sites is 1. The molecule has 0 aliphatic heterocycles. The van der Waals surface area contributed by atoms with E-state index < -0.39 is 0 Å². The maximum absolute atomic E-state index is 11.8. The van der Waals surface area contributed by atoms with Gasteiger partial charge in [0, 0.05) is 25.8 Å². The Hall–Kier alpha value is -1.55. The number of methoxy groups -OCH3 is 1. The molecule has 0 aromatic heterocycles. The van der Waals surface area contributed by atoms with Gasteiger partial charge in [-0.25, -0.2) is 0 Å². The van der Waals surface area contributed by atoms with E-state index in [1.54, 1.807) is 7.11 Å². The summed E-state index contributed by atoms with van der Waals surface area (Å²) in [7, 11) is 1.67. The van der Waals surface area contributed by atoms with Crippen molar-refractivity contribution >= 4 is 11.6 Å². The van der Waals surface area contributed by atoms with Crippen molar-refractivity contribution in [3.05, 3.63) is 29.8 Å². The van der Waals surface area contributed by atoms with E-state index in [9.17, 15) is 4.79 Å². The molecule has 1 aromatic carbocycles. The van der Waals surface area contributed by atoms with Gasteiger partial charge in [-0.15, -0.1) is 0 Å². The molecular formula is C15H24N2O2. The highest BCUT2D eigenvalue weighted by molar-refractivity contribution is 5.76. The van der Waals surface area contributed by atoms with Gasteiger partial charge in [-0.2, -0.15) is 0 Å². The number of carbonyl (C=O) groups is 1. The second kappa shape index (κ2) is 7.79. The van der Waals surface area contributed by atoms with Crippen LogP contribution in [0, 0.1) is 5.92 Å². The topological polar surface area (TPSA) is 64.3 Å². The number of nitrogens with two attached hydrogens (primary N) is 1. The Morgan fingerprint density at radius 2 is 2.05 bits per heavy atom. The zero-order chi connectivity index (χ0) is 14.3. The summed E-state index contributed by atoms with van der Waals surface area (Å²) in [6.07, 6.45) is 1.17. The molecule has 0 bridgehead atoms. The smallest absolute Gasteiger partial charge is 0.220 e. The van der Waals surface area contributed by atoms with E-state index in [2.05, 4.69) is 19.2 Å². The Bertz CT molecular complexity index is 405. The van der Waals surface area contributed by atoms with Crippen molar-refractivity contribution in [3.8, 4) is 0 Å². The Morgan fingerprint density at radius 3 is 2.63 bits per heavy atom. The number of rotatable bonds is 7. The van der Waals surface area contributed by atoms with E-state index in [1.807, 2.05) is 24.3 Å². The average Bonchev–Trinajstić information content (AvgIpc) is 2.38. The van der Waals surface area contributed by atoms with Gasteiger partial charge in [-0.1, -0.05) is 32.0 Å². The summed E-state index contributed by atoms with van der Waals surface area (Å²) in [5.41, 5.74) is 7.60. The number of aryl methyl sites for hydroxylation is 1. The Morgan fingerprint density at radius 1 is 1.37 bits per heavy atom. The van der Waals surface area contributed by atoms with Crippen molar-refractivity contribution in [2.75, 3.05) is 19.4 Å². The molecule has 0 saturated heterocycles. The predicted octanol–water partition coefficient (Wildman–Crippen LogP) is 1.99. The third kappa shape index (κ3) is 5.30. The summed E-state index contributed by atoms with van der Waals surface area (Å²) in [6.45, 7) is 4.70.